The summed E-state index contributed by atoms with van der Waals surface area (Å²) in [6, 6.07) is -1.32. The van der Waals surface area contributed by atoms with E-state index in [1.165, 1.54) is 0 Å². The van der Waals surface area contributed by atoms with Gasteiger partial charge in [-0.1, -0.05) is 0 Å². The molecule has 0 aromatic heterocycles. The molecule has 0 aromatic carbocycles. The van der Waals surface area contributed by atoms with Crippen molar-refractivity contribution in [2.45, 2.75) is 56.1 Å². The Morgan fingerprint density at radius 2 is 1.88 bits per heavy atom. The summed E-state index contributed by atoms with van der Waals surface area (Å²) in [5, 5.41) is 60.5. The van der Waals surface area contributed by atoms with E-state index in [-0.39, 0.29) is 0 Å². The second kappa shape index (κ2) is 8.26. The van der Waals surface area contributed by atoms with Crippen molar-refractivity contribution in [2.24, 2.45) is 0 Å². The average molecular weight is 379 g/mol. The van der Waals surface area contributed by atoms with Gasteiger partial charge in [0.15, 0.2) is 6.29 Å². The van der Waals surface area contributed by atoms with Gasteiger partial charge in [0.2, 0.25) is 18.0 Å². The molecule has 148 valence electrons. The molecule has 2 rings (SSSR count). The third-order valence-electron chi connectivity index (χ3n) is 3.94. The van der Waals surface area contributed by atoms with Crippen molar-refractivity contribution >= 4 is 11.9 Å². The molecule has 26 heavy (non-hydrogen) atoms. The van der Waals surface area contributed by atoms with Gasteiger partial charge in [0.25, 0.3) is 0 Å². The van der Waals surface area contributed by atoms with Gasteiger partial charge in [-0.05, 0) is 6.08 Å². The van der Waals surface area contributed by atoms with Crippen molar-refractivity contribution in [1.29, 1.82) is 0 Å². The molecule has 1 saturated heterocycles. The molecule has 1 amide bonds. The number of hydrogen-bond donors (Lipinski definition) is 7. The summed E-state index contributed by atoms with van der Waals surface area (Å²) >= 11 is 0. The van der Waals surface area contributed by atoms with Gasteiger partial charge in [-0.25, -0.2) is 4.79 Å². The average Bonchev–Trinajstić information content (AvgIpc) is 2.56. The van der Waals surface area contributed by atoms with E-state index >= 15 is 0 Å². The minimum atomic E-state index is -1.73. The second-order valence-corrected chi connectivity index (χ2v) is 5.87. The molecule has 2 aliphatic rings. The zero-order valence-electron chi connectivity index (χ0n) is 13.6. The Balaban J connectivity index is 2.24. The van der Waals surface area contributed by atoms with Crippen LogP contribution in [0.3, 0.4) is 0 Å². The van der Waals surface area contributed by atoms with Crippen molar-refractivity contribution in [3.8, 4) is 0 Å². The lowest BCUT2D eigenvalue weighted by Gasteiger charge is -2.44. The van der Waals surface area contributed by atoms with Crippen LogP contribution in [-0.2, 0) is 23.8 Å². The first-order chi connectivity index (χ1) is 12.1. The molecular formula is C14H21NO11. The number of carboxylic acids is 1. The zero-order chi connectivity index (χ0) is 19.6. The molecule has 0 unspecified atom stereocenters. The largest absolute Gasteiger partial charge is 0.475 e. The van der Waals surface area contributed by atoms with Gasteiger partial charge in [-0.3, -0.25) is 4.79 Å². The Morgan fingerprint density at radius 1 is 1.23 bits per heavy atom. The monoisotopic (exact) mass is 379 g/mol. The highest BCUT2D eigenvalue weighted by Crippen LogP contribution is 2.27. The normalized spacial score (nSPS) is 40.3. The van der Waals surface area contributed by atoms with Crippen LogP contribution in [0.4, 0.5) is 0 Å². The highest BCUT2D eigenvalue weighted by atomic mass is 16.7. The third kappa shape index (κ3) is 4.29. The molecular weight excluding hydrogens is 358 g/mol. The fraction of sp³-hybridized carbons (Fsp3) is 0.714. The van der Waals surface area contributed by atoms with Crippen LogP contribution < -0.4 is 5.32 Å². The highest BCUT2D eigenvalue weighted by Gasteiger charge is 2.49. The second-order valence-electron chi connectivity index (χ2n) is 5.87. The van der Waals surface area contributed by atoms with Crippen molar-refractivity contribution in [3.05, 3.63) is 11.8 Å². The number of aliphatic hydroxyl groups is 5. The van der Waals surface area contributed by atoms with E-state index in [4.69, 9.17) is 19.3 Å². The SMILES string of the molecule is CC(=O)N[C@@H]1[C@@H](O[C@H]2OC(C(=O)O)=C[C@H](O)[C@H]2O)[C@@H](O)[C@@H](CO)O[C@H]1O. The smallest absolute Gasteiger partial charge is 0.371 e. The number of rotatable bonds is 5. The quantitative estimate of drug-likeness (QED) is 0.246. The van der Waals surface area contributed by atoms with Crippen LogP contribution in [-0.4, -0.2) is 98.3 Å². The Labute approximate surface area is 147 Å². The molecule has 0 radical (unpaired) electrons. The lowest BCUT2D eigenvalue weighted by atomic mass is 9.96. The first-order valence-corrected chi connectivity index (χ1v) is 7.68. The minimum absolute atomic E-state index is 0.600. The Bertz CT molecular complexity index is 567. The zero-order valence-corrected chi connectivity index (χ0v) is 13.6. The van der Waals surface area contributed by atoms with Gasteiger partial charge in [0.05, 0.1) is 6.61 Å². The predicted molar refractivity (Wildman–Crippen MR) is 79.1 cm³/mol. The molecule has 0 aromatic rings. The van der Waals surface area contributed by atoms with Gasteiger partial charge in [0.1, 0.15) is 36.6 Å². The van der Waals surface area contributed by atoms with Gasteiger partial charge >= 0.3 is 5.97 Å². The first-order valence-electron chi connectivity index (χ1n) is 7.68. The van der Waals surface area contributed by atoms with Crippen LogP contribution in [0, 0.1) is 0 Å². The Morgan fingerprint density at radius 3 is 2.42 bits per heavy atom. The van der Waals surface area contributed by atoms with E-state index in [0.717, 1.165) is 13.0 Å². The Kier molecular flexibility index (Phi) is 6.52. The highest BCUT2D eigenvalue weighted by molar-refractivity contribution is 5.84. The summed E-state index contributed by atoms with van der Waals surface area (Å²) in [7, 11) is 0. The van der Waals surface area contributed by atoms with Crippen LogP contribution in [0.25, 0.3) is 0 Å². The molecule has 0 bridgehead atoms. The number of carbonyl (C=O) groups excluding carboxylic acids is 1. The minimum Gasteiger partial charge on any atom is -0.475 e. The topological polar surface area (TPSA) is 195 Å². The van der Waals surface area contributed by atoms with E-state index in [9.17, 15) is 35.1 Å². The molecule has 7 N–H and O–H groups in total. The van der Waals surface area contributed by atoms with E-state index < -0.39 is 73.4 Å². The van der Waals surface area contributed by atoms with Crippen molar-refractivity contribution in [1.82, 2.24) is 5.32 Å². The molecule has 12 heteroatoms. The number of nitrogens with one attached hydrogen (secondary N) is 1. The Hall–Kier alpha value is -1.80. The molecule has 0 spiro atoms. The number of carboxylic acid groups (broad SMARTS) is 1. The fourth-order valence-corrected chi connectivity index (χ4v) is 2.67. The van der Waals surface area contributed by atoms with E-state index in [0.29, 0.717) is 0 Å². The summed E-state index contributed by atoms with van der Waals surface area (Å²) in [6.07, 6.45) is -10.3. The van der Waals surface area contributed by atoms with E-state index in [1.54, 1.807) is 0 Å². The lowest BCUT2D eigenvalue weighted by molar-refractivity contribution is -0.302. The van der Waals surface area contributed by atoms with E-state index in [2.05, 4.69) is 5.32 Å². The van der Waals surface area contributed by atoms with Crippen LogP contribution >= 0.6 is 0 Å². The molecule has 1 fully saturated rings. The van der Waals surface area contributed by atoms with Gasteiger partial charge in [-0.2, -0.15) is 0 Å². The number of amides is 1. The van der Waals surface area contributed by atoms with Crippen LogP contribution in [0.2, 0.25) is 0 Å². The maximum atomic E-state index is 11.3. The van der Waals surface area contributed by atoms with Crippen molar-refractivity contribution < 1.29 is 54.4 Å². The molecule has 0 saturated carbocycles. The van der Waals surface area contributed by atoms with E-state index in [1.807, 2.05) is 0 Å². The van der Waals surface area contributed by atoms with Crippen LogP contribution in [0.1, 0.15) is 6.92 Å². The fourth-order valence-electron chi connectivity index (χ4n) is 2.67. The number of carbonyl (C=O) groups is 2. The van der Waals surface area contributed by atoms with Gasteiger partial charge < -0.3 is 50.2 Å². The maximum absolute atomic E-state index is 11.3. The summed E-state index contributed by atoms with van der Waals surface area (Å²) < 4.78 is 15.3. The third-order valence-corrected chi connectivity index (χ3v) is 3.94. The number of ether oxygens (including phenoxy) is 3. The molecule has 2 aliphatic heterocycles. The van der Waals surface area contributed by atoms with Crippen molar-refractivity contribution in [2.75, 3.05) is 6.61 Å². The van der Waals surface area contributed by atoms with Crippen molar-refractivity contribution in [3.63, 3.8) is 0 Å². The first kappa shape index (κ1) is 20.5. The standard InChI is InChI=1S/C14H21NO11/c1-4(17)15-8-11(10(20)7(3-16)24-13(8)23)26-14-9(19)5(18)2-6(25-14)12(21)22/h2,5,7-11,13-14,16,18-20,23H,3H2,1H3,(H,15,17)(H,21,22)/t5-,7+,8+,9+,10-,11+,13+,14+/m0/s1. The lowest BCUT2D eigenvalue weighted by Crippen LogP contribution is -2.66. The number of aliphatic hydroxyl groups excluding tert-OH is 5. The molecule has 2 heterocycles. The number of hydrogen-bond acceptors (Lipinski definition) is 10. The van der Waals surface area contributed by atoms with Gasteiger partial charge in [0, 0.05) is 6.92 Å². The molecule has 12 nitrogen and oxygen atoms in total. The summed E-state index contributed by atoms with van der Waals surface area (Å²) in [6.45, 7) is 0.442. The predicted octanol–water partition coefficient (Wildman–Crippen LogP) is -4.01. The summed E-state index contributed by atoms with van der Waals surface area (Å²) in [5.74, 6) is -2.81. The maximum Gasteiger partial charge on any atom is 0.371 e. The van der Waals surface area contributed by atoms with Crippen LogP contribution in [0.5, 0.6) is 0 Å². The molecule has 8 atom stereocenters. The van der Waals surface area contributed by atoms with Crippen LogP contribution in [0.15, 0.2) is 11.8 Å². The summed E-state index contributed by atoms with van der Waals surface area (Å²) in [4.78, 5) is 22.4. The number of aliphatic carboxylic acids is 1. The summed E-state index contributed by atoms with van der Waals surface area (Å²) in [5.41, 5.74) is 0. The molecule has 0 aliphatic carbocycles. The van der Waals surface area contributed by atoms with Gasteiger partial charge in [-0.15, -0.1) is 0 Å².